The topological polar surface area (TPSA) is 45.2 Å². The number of piperazine rings is 1. The SMILES string of the molecule is O=C(N1CCOCC1)N1CCN(CCOc2ccc(Cl)cc2)CC1. The summed E-state index contributed by atoms with van der Waals surface area (Å²) in [5.74, 6) is 0.834. The monoisotopic (exact) mass is 353 g/mol. The zero-order chi connectivity index (χ0) is 16.8. The van der Waals surface area contributed by atoms with Crippen LogP contribution in [-0.4, -0.2) is 86.4 Å². The molecule has 0 spiro atoms. The van der Waals surface area contributed by atoms with Crippen LogP contribution in [0, 0.1) is 0 Å². The van der Waals surface area contributed by atoms with Crippen LogP contribution in [0.4, 0.5) is 4.79 Å². The fourth-order valence-electron chi connectivity index (χ4n) is 2.94. The van der Waals surface area contributed by atoms with Crippen molar-refractivity contribution in [2.45, 2.75) is 0 Å². The number of urea groups is 1. The number of halogens is 1. The maximum Gasteiger partial charge on any atom is 0.320 e. The average Bonchev–Trinajstić information content (AvgIpc) is 2.64. The highest BCUT2D eigenvalue weighted by atomic mass is 35.5. The highest BCUT2D eigenvalue weighted by Crippen LogP contribution is 2.15. The Balaban J connectivity index is 1.35. The lowest BCUT2D eigenvalue weighted by Crippen LogP contribution is -2.55. The molecule has 2 saturated heterocycles. The number of rotatable bonds is 4. The predicted octanol–water partition coefficient (Wildman–Crippen LogP) is 1.79. The summed E-state index contributed by atoms with van der Waals surface area (Å²) in [6, 6.07) is 7.55. The number of nitrogens with zero attached hydrogens (tertiary/aromatic N) is 3. The highest BCUT2D eigenvalue weighted by molar-refractivity contribution is 6.30. The molecule has 0 N–H and O–H groups in total. The molecule has 0 atom stereocenters. The molecule has 0 saturated carbocycles. The van der Waals surface area contributed by atoms with E-state index in [4.69, 9.17) is 21.1 Å². The van der Waals surface area contributed by atoms with Gasteiger partial charge in [0.15, 0.2) is 0 Å². The number of carbonyl (C=O) groups excluding carboxylic acids is 1. The molecule has 0 bridgehead atoms. The number of amides is 2. The van der Waals surface area contributed by atoms with E-state index in [0.29, 0.717) is 37.9 Å². The van der Waals surface area contributed by atoms with E-state index in [1.165, 1.54) is 0 Å². The van der Waals surface area contributed by atoms with Crippen molar-refractivity contribution in [1.82, 2.24) is 14.7 Å². The molecule has 7 heteroatoms. The van der Waals surface area contributed by atoms with Gasteiger partial charge in [0.05, 0.1) is 13.2 Å². The third-order valence-electron chi connectivity index (χ3n) is 4.41. The number of hydrogen-bond donors (Lipinski definition) is 0. The molecule has 1 aromatic rings. The summed E-state index contributed by atoms with van der Waals surface area (Å²) in [6.07, 6.45) is 0. The molecule has 2 aliphatic rings. The van der Waals surface area contributed by atoms with Crippen molar-refractivity contribution in [3.05, 3.63) is 29.3 Å². The van der Waals surface area contributed by atoms with Gasteiger partial charge in [0.2, 0.25) is 0 Å². The summed E-state index contributed by atoms with van der Waals surface area (Å²) in [7, 11) is 0. The third-order valence-corrected chi connectivity index (χ3v) is 4.67. The van der Waals surface area contributed by atoms with Gasteiger partial charge in [-0.25, -0.2) is 4.79 Å². The van der Waals surface area contributed by atoms with Gasteiger partial charge in [0.1, 0.15) is 12.4 Å². The molecule has 2 heterocycles. The molecular weight excluding hydrogens is 330 g/mol. The molecule has 1 aromatic carbocycles. The molecule has 2 fully saturated rings. The Hall–Kier alpha value is -1.50. The summed E-state index contributed by atoms with van der Waals surface area (Å²) >= 11 is 5.86. The largest absolute Gasteiger partial charge is 0.492 e. The van der Waals surface area contributed by atoms with Crippen molar-refractivity contribution in [2.24, 2.45) is 0 Å². The molecule has 0 aliphatic carbocycles. The molecule has 24 heavy (non-hydrogen) atoms. The van der Waals surface area contributed by atoms with Crippen LogP contribution in [0.2, 0.25) is 5.02 Å². The lowest BCUT2D eigenvalue weighted by atomic mass is 10.3. The Bertz CT molecular complexity index is 526. The van der Waals surface area contributed by atoms with Crippen molar-refractivity contribution in [3.63, 3.8) is 0 Å². The second kappa shape index (κ2) is 8.55. The van der Waals surface area contributed by atoms with Gasteiger partial charge >= 0.3 is 6.03 Å². The lowest BCUT2D eigenvalue weighted by Gasteiger charge is -2.38. The van der Waals surface area contributed by atoms with Crippen molar-refractivity contribution in [1.29, 1.82) is 0 Å². The normalized spacial score (nSPS) is 19.4. The minimum Gasteiger partial charge on any atom is -0.492 e. The van der Waals surface area contributed by atoms with E-state index >= 15 is 0 Å². The average molecular weight is 354 g/mol. The zero-order valence-electron chi connectivity index (χ0n) is 13.8. The van der Waals surface area contributed by atoms with E-state index < -0.39 is 0 Å². The quantitative estimate of drug-likeness (QED) is 0.828. The fourth-order valence-corrected chi connectivity index (χ4v) is 3.07. The smallest absolute Gasteiger partial charge is 0.320 e. The molecule has 3 rings (SSSR count). The van der Waals surface area contributed by atoms with Gasteiger partial charge in [-0.2, -0.15) is 0 Å². The highest BCUT2D eigenvalue weighted by Gasteiger charge is 2.26. The molecule has 6 nitrogen and oxygen atoms in total. The first-order valence-corrected chi connectivity index (χ1v) is 8.82. The maximum atomic E-state index is 12.4. The van der Waals surface area contributed by atoms with Crippen molar-refractivity contribution in [3.8, 4) is 5.75 Å². The van der Waals surface area contributed by atoms with Gasteiger partial charge in [-0.3, -0.25) is 4.90 Å². The minimum atomic E-state index is 0.148. The van der Waals surface area contributed by atoms with E-state index in [9.17, 15) is 4.79 Å². The Morgan fingerprint density at radius 1 is 1.00 bits per heavy atom. The summed E-state index contributed by atoms with van der Waals surface area (Å²) in [4.78, 5) is 18.6. The van der Waals surface area contributed by atoms with Crippen molar-refractivity contribution in [2.75, 3.05) is 65.6 Å². The number of hydrogen-bond acceptors (Lipinski definition) is 4. The Labute approximate surface area is 147 Å². The van der Waals surface area contributed by atoms with Crippen LogP contribution in [0.5, 0.6) is 5.75 Å². The first-order chi connectivity index (χ1) is 11.7. The maximum absolute atomic E-state index is 12.4. The Morgan fingerprint density at radius 3 is 2.29 bits per heavy atom. The van der Waals surface area contributed by atoms with Crippen molar-refractivity contribution < 1.29 is 14.3 Å². The molecule has 132 valence electrons. The third kappa shape index (κ3) is 4.75. The van der Waals surface area contributed by atoms with Crippen LogP contribution in [0.3, 0.4) is 0 Å². The second-order valence-corrected chi connectivity index (χ2v) is 6.45. The van der Waals surface area contributed by atoms with E-state index in [-0.39, 0.29) is 6.03 Å². The minimum absolute atomic E-state index is 0.148. The summed E-state index contributed by atoms with van der Waals surface area (Å²) in [5, 5.41) is 0.711. The van der Waals surface area contributed by atoms with E-state index in [1.807, 2.05) is 34.1 Å². The van der Waals surface area contributed by atoms with Gasteiger partial charge < -0.3 is 19.3 Å². The van der Waals surface area contributed by atoms with Gasteiger partial charge in [-0.05, 0) is 24.3 Å². The van der Waals surface area contributed by atoms with Crippen LogP contribution >= 0.6 is 11.6 Å². The molecule has 0 unspecified atom stereocenters. The number of benzene rings is 1. The van der Waals surface area contributed by atoms with E-state index in [1.54, 1.807) is 0 Å². The summed E-state index contributed by atoms with van der Waals surface area (Å²) in [5.41, 5.74) is 0. The standard InChI is InChI=1S/C17H24ClN3O3/c18-15-1-3-16(4-2-15)24-14-9-19-5-7-20(8-6-19)17(22)21-10-12-23-13-11-21/h1-4H,5-14H2. The first-order valence-electron chi connectivity index (χ1n) is 8.45. The molecule has 0 radical (unpaired) electrons. The van der Waals surface area contributed by atoms with Crippen molar-refractivity contribution >= 4 is 17.6 Å². The summed E-state index contributed by atoms with van der Waals surface area (Å²) < 4.78 is 11.0. The molecule has 0 aromatic heterocycles. The van der Waals surface area contributed by atoms with Crippen LogP contribution in [0.25, 0.3) is 0 Å². The molecule has 2 amide bonds. The van der Waals surface area contributed by atoms with E-state index in [2.05, 4.69) is 4.90 Å². The summed E-state index contributed by atoms with van der Waals surface area (Å²) in [6.45, 7) is 7.53. The van der Waals surface area contributed by atoms with Crippen LogP contribution < -0.4 is 4.74 Å². The number of ether oxygens (including phenoxy) is 2. The van der Waals surface area contributed by atoms with Gasteiger partial charge in [0.25, 0.3) is 0 Å². The van der Waals surface area contributed by atoms with Gasteiger partial charge in [-0.1, -0.05) is 11.6 Å². The van der Waals surface area contributed by atoms with Gasteiger partial charge in [0, 0.05) is 50.8 Å². The lowest BCUT2D eigenvalue weighted by molar-refractivity contribution is 0.0370. The zero-order valence-corrected chi connectivity index (χ0v) is 14.6. The predicted molar refractivity (Wildman–Crippen MR) is 92.7 cm³/mol. The molecule has 2 aliphatic heterocycles. The first kappa shape index (κ1) is 17.3. The second-order valence-electron chi connectivity index (χ2n) is 6.01. The fraction of sp³-hybridized carbons (Fsp3) is 0.588. The number of morpholine rings is 1. The van der Waals surface area contributed by atoms with Gasteiger partial charge in [-0.15, -0.1) is 0 Å². The molecular formula is C17H24ClN3O3. The van der Waals surface area contributed by atoms with E-state index in [0.717, 1.165) is 38.5 Å². The number of carbonyl (C=O) groups is 1. The Kier molecular flexibility index (Phi) is 6.18. The van der Waals surface area contributed by atoms with Crippen LogP contribution in [0.1, 0.15) is 0 Å². The Morgan fingerprint density at radius 2 is 1.62 bits per heavy atom. The van der Waals surface area contributed by atoms with Crippen LogP contribution in [0.15, 0.2) is 24.3 Å². The van der Waals surface area contributed by atoms with Crippen LogP contribution in [-0.2, 0) is 4.74 Å².